The first-order chi connectivity index (χ1) is 13.2. The molecule has 4 rings (SSSR count). The summed E-state index contributed by atoms with van der Waals surface area (Å²) in [7, 11) is 1.93. The molecule has 0 aliphatic rings. The third kappa shape index (κ3) is 3.75. The fourth-order valence-electron chi connectivity index (χ4n) is 3.37. The number of hydrogen-bond donors (Lipinski definition) is 2. The van der Waals surface area contributed by atoms with Gasteiger partial charge in [0.1, 0.15) is 0 Å². The van der Waals surface area contributed by atoms with Gasteiger partial charge in [-0.2, -0.15) is 0 Å². The Morgan fingerprint density at radius 1 is 0.926 bits per heavy atom. The zero-order valence-corrected chi connectivity index (χ0v) is 15.3. The maximum Gasteiger partial charge on any atom is 0.222 e. The molecule has 0 fully saturated rings. The first kappa shape index (κ1) is 17.0. The summed E-state index contributed by atoms with van der Waals surface area (Å²) >= 11 is 0. The Labute approximate surface area is 158 Å². The number of pyridine rings is 2. The van der Waals surface area contributed by atoms with E-state index in [4.69, 9.17) is 0 Å². The van der Waals surface area contributed by atoms with Crippen molar-refractivity contribution in [2.75, 3.05) is 12.4 Å². The summed E-state index contributed by atoms with van der Waals surface area (Å²) in [6.07, 6.45) is 7.02. The molecule has 134 valence electrons. The van der Waals surface area contributed by atoms with Gasteiger partial charge in [0, 0.05) is 46.7 Å². The van der Waals surface area contributed by atoms with Crippen molar-refractivity contribution in [1.29, 1.82) is 0 Å². The molecule has 0 aliphatic heterocycles. The van der Waals surface area contributed by atoms with Gasteiger partial charge < -0.3 is 5.32 Å². The summed E-state index contributed by atoms with van der Waals surface area (Å²) in [4.78, 5) is 4.63. The molecule has 27 heavy (non-hydrogen) atoms. The Balaban J connectivity index is 1.72. The van der Waals surface area contributed by atoms with Crippen LogP contribution in [0.5, 0.6) is 0 Å². The van der Waals surface area contributed by atoms with E-state index in [2.05, 4.69) is 52.8 Å². The van der Waals surface area contributed by atoms with Crippen LogP contribution in [0, 0.1) is 0 Å². The minimum atomic E-state index is 0.919. The highest BCUT2D eigenvalue weighted by molar-refractivity contribution is 5.94. The summed E-state index contributed by atoms with van der Waals surface area (Å²) in [5.74, 6) is 0. The molecule has 2 aromatic carbocycles. The number of fused-ring (bicyclic) bond motifs is 1. The Morgan fingerprint density at radius 2 is 1.74 bits per heavy atom. The molecule has 0 unspecified atom stereocenters. The standard InChI is InChI=1S/C23H22N3O/c1-24-21-6-2-4-19(16-21)22-15-18(14-20-5-3-11-25-23(20)22)8-7-17-9-12-26(27)13-10-17/h2-6,9-16,24,27H,7-8H2,1H3/q+1. The van der Waals surface area contributed by atoms with Crippen LogP contribution in [0.2, 0.25) is 0 Å². The van der Waals surface area contributed by atoms with Crippen molar-refractivity contribution in [3.8, 4) is 11.1 Å². The number of anilines is 1. The largest absolute Gasteiger partial charge is 0.388 e. The number of hydrogen-bond acceptors (Lipinski definition) is 3. The van der Waals surface area contributed by atoms with Crippen LogP contribution in [0.25, 0.3) is 22.0 Å². The topological polar surface area (TPSA) is 49.0 Å². The SMILES string of the molecule is CNc1cccc(-c2cc(CCc3cc[n+](O)cc3)cc3cccnc23)c1. The van der Waals surface area contributed by atoms with Crippen LogP contribution in [-0.4, -0.2) is 17.2 Å². The fourth-order valence-corrected chi connectivity index (χ4v) is 3.37. The Hall–Kier alpha value is -3.40. The molecule has 0 spiro atoms. The predicted molar refractivity (Wildman–Crippen MR) is 108 cm³/mol. The van der Waals surface area contributed by atoms with Crippen molar-refractivity contribution in [2.24, 2.45) is 0 Å². The lowest BCUT2D eigenvalue weighted by atomic mass is 9.96. The zero-order chi connectivity index (χ0) is 18.6. The summed E-state index contributed by atoms with van der Waals surface area (Å²) < 4.78 is 1.07. The number of nitrogens with one attached hydrogen (secondary N) is 1. The Kier molecular flexibility index (Phi) is 4.71. The first-order valence-corrected chi connectivity index (χ1v) is 9.08. The van der Waals surface area contributed by atoms with Gasteiger partial charge in [-0.05, 0) is 59.9 Å². The molecule has 4 aromatic rings. The van der Waals surface area contributed by atoms with Crippen molar-refractivity contribution >= 4 is 16.6 Å². The average molecular weight is 356 g/mol. The number of nitrogens with zero attached hydrogens (tertiary/aromatic N) is 2. The van der Waals surface area contributed by atoms with Gasteiger partial charge in [-0.25, -0.2) is 0 Å². The fraction of sp³-hybridized carbons (Fsp3) is 0.130. The van der Waals surface area contributed by atoms with E-state index in [-0.39, 0.29) is 0 Å². The Morgan fingerprint density at radius 3 is 2.56 bits per heavy atom. The molecule has 0 bridgehead atoms. The number of aryl methyl sites for hydroxylation is 2. The molecule has 0 amide bonds. The average Bonchev–Trinajstić information content (AvgIpc) is 2.73. The second kappa shape index (κ2) is 7.46. The van der Waals surface area contributed by atoms with E-state index in [1.165, 1.54) is 11.1 Å². The van der Waals surface area contributed by atoms with Crippen LogP contribution >= 0.6 is 0 Å². The van der Waals surface area contributed by atoms with Crippen molar-refractivity contribution < 1.29 is 9.94 Å². The first-order valence-electron chi connectivity index (χ1n) is 9.08. The number of aromatic nitrogens is 2. The molecule has 2 aromatic heterocycles. The molecule has 0 radical (unpaired) electrons. The smallest absolute Gasteiger partial charge is 0.222 e. The minimum Gasteiger partial charge on any atom is -0.388 e. The lowest BCUT2D eigenvalue weighted by molar-refractivity contribution is -0.904. The quantitative estimate of drug-likeness (QED) is 0.415. The van der Waals surface area contributed by atoms with Crippen LogP contribution < -0.4 is 10.0 Å². The minimum absolute atomic E-state index is 0.919. The van der Waals surface area contributed by atoms with Gasteiger partial charge in [0.05, 0.1) is 5.52 Å². The summed E-state index contributed by atoms with van der Waals surface area (Å²) in [5.41, 5.74) is 6.90. The van der Waals surface area contributed by atoms with E-state index >= 15 is 0 Å². The maximum absolute atomic E-state index is 9.37. The summed E-state index contributed by atoms with van der Waals surface area (Å²) in [5, 5.41) is 13.7. The van der Waals surface area contributed by atoms with E-state index in [9.17, 15) is 5.21 Å². The molecule has 0 aliphatic carbocycles. The number of rotatable bonds is 5. The number of benzene rings is 2. The van der Waals surface area contributed by atoms with Gasteiger partial charge in [0.15, 0.2) is 0 Å². The highest BCUT2D eigenvalue weighted by Gasteiger charge is 2.09. The molecule has 2 heterocycles. The molecule has 4 heteroatoms. The Bertz CT molecular complexity index is 1070. The van der Waals surface area contributed by atoms with Crippen LogP contribution in [0.1, 0.15) is 11.1 Å². The van der Waals surface area contributed by atoms with E-state index in [1.807, 2.05) is 31.4 Å². The lowest BCUT2D eigenvalue weighted by Gasteiger charge is -2.11. The lowest BCUT2D eigenvalue weighted by Crippen LogP contribution is -2.28. The highest BCUT2D eigenvalue weighted by atomic mass is 16.5. The van der Waals surface area contributed by atoms with Crippen LogP contribution in [0.15, 0.2) is 79.3 Å². The summed E-state index contributed by atoms with van der Waals surface area (Å²) in [6.45, 7) is 0. The predicted octanol–water partition coefficient (Wildman–Crippen LogP) is 4.25. The molecule has 2 N–H and O–H groups in total. The highest BCUT2D eigenvalue weighted by Crippen LogP contribution is 2.30. The van der Waals surface area contributed by atoms with E-state index in [0.29, 0.717) is 0 Å². The van der Waals surface area contributed by atoms with E-state index in [1.54, 1.807) is 12.4 Å². The van der Waals surface area contributed by atoms with E-state index < -0.39 is 0 Å². The third-order valence-corrected chi connectivity index (χ3v) is 4.81. The monoisotopic (exact) mass is 356 g/mol. The molecule has 4 nitrogen and oxygen atoms in total. The van der Waals surface area contributed by atoms with Crippen molar-refractivity contribution in [3.63, 3.8) is 0 Å². The molecular weight excluding hydrogens is 334 g/mol. The maximum atomic E-state index is 9.37. The third-order valence-electron chi connectivity index (χ3n) is 4.81. The second-order valence-electron chi connectivity index (χ2n) is 6.64. The molecule has 0 saturated heterocycles. The van der Waals surface area contributed by atoms with Gasteiger partial charge in [-0.3, -0.25) is 10.2 Å². The van der Waals surface area contributed by atoms with Gasteiger partial charge in [0.2, 0.25) is 12.4 Å². The van der Waals surface area contributed by atoms with Crippen LogP contribution in [0.4, 0.5) is 5.69 Å². The normalized spacial score (nSPS) is 10.9. The van der Waals surface area contributed by atoms with Crippen molar-refractivity contribution in [2.45, 2.75) is 12.8 Å². The van der Waals surface area contributed by atoms with Crippen molar-refractivity contribution in [3.05, 3.63) is 90.4 Å². The molecule has 0 atom stereocenters. The van der Waals surface area contributed by atoms with Gasteiger partial charge in [0.25, 0.3) is 0 Å². The molecular formula is C23H22N3O+. The zero-order valence-electron chi connectivity index (χ0n) is 15.3. The van der Waals surface area contributed by atoms with Gasteiger partial charge in [-0.1, -0.05) is 18.2 Å². The van der Waals surface area contributed by atoms with Crippen molar-refractivity contribution in [1.82, 2.24) is 4.98 Å². The van der Waals surface area contributed by atoms with Gasteiger partial charge >= 0.3 is 0 Å². The molecule has 0 saturated carbocycles. The van der Waals surface area contributed by atoms with E-state index in [0.717, 1.165) is 45.3 Å². The second-order valence-corrected chi connectivity index (χ2v) is 6.64. The summed E-state index contributed by atoms with van der Waals surface area (Å²) in [6, 6.07) is 20.9. The van der Waals surface area contributed by atoms with Crippen LogP contribution in [-0.2, 0) is 12.8 Å². The van der Waals surface area contributed by atoms with Gasteiger partial charge in [-0.15, -0.1) is 0 Å². The van der Waals surface area contributed by atoms with Crippen LogP contribution in [0.3, 0.4) is 0 Å².